The summed E-state index contributed by atoms with van der Waals surface area (Å²) in [4.78, 5) is 24.7. The van der Waals surface area contributed by atoms with Crippen molar-refractivity contribution in [3.63, 3.8) is 0 Å². The third-order valence-corrected chi connectivity index (χ3v) is 5.02. The molecule has 27 heavy (non-hydrogen) atoms. The molecule has 3 aromatic carbocycles. The van der Waals surface area contributed by atoms with Crippen molar-refractivity contribution in [1.82, 2.24) is 5.32 Å². The normalized spacial score (nSPS) is 10.6. The number of benzene rings is 3. The molecule has 1 amide bonds. The maximum atomic E-state index is 11.9. The van der Waals surface area contributed by atoms with E-state index in [-0.39, 0.29) is 18.3 Å². The van der Waals surface area contributed by atoms with E-state index < -0.39 is 5.97 Å². The van der Waals surface area contributed by atoms with Crippen LogP contribution in [0.25, 0.3) is 10.8 Å². The standard InChI is InChI=1S/C22H21NO3S/c1-16-6-8-17(9-7-16)13-23-21(24)14-26-22(25)15-27-20-11-10-18-4-2-3-5-19(18)12-20/h2-12H,13-15H2,1H3,(H,23,24). The van der Waals surface area contributed by atoms with Crippen LogP contribution in [0.5, 0.6) is 0 Å². The Balaban J connectivity index is 1.39. The number of thioether (sulfide) groups is 1. The molecule has 138 valence electrons. The van der Waals surface area contributed by atoms with Crippen molar-refractivity contribution in [2.24, 2.45) is 0 Å². The van der Waals surface area contributed by atoms with Crippen LogP contribution in [0.2, 0.25) is 0 Å². The van der Waals surface area contributed by atoms with Crippen molar-refractivity contribution in [3.8, 4) is 0 Å². The van der Waals surface area contributed by atoms with Crippen molar-refractivity contribution < 1.29 is 14.3 Å². The molecule has 0 aromatic heterocycles. The number of ether oxygens (including phenoxy) is 1. The summed E-state index contributed by atoms with van der Waals surface area (Å²) < 4.78 is 5.05. The Morgan fingerprint density at radius 3 is 2.48 bits per heavy atom. The molecule has 4 nitrogen and oxygen atoms in total. The van der Waals surface area contributed by atoms with E-state index in [9.17, 15) is 9.59 Å². The van der Waals surface area contributed by atoms with Gasteiger partial charge in [-0.1, -0.05) is 60.2 Å². The molecule has 0 atom stereocenters. The van der Waals surface area contributed by atoms with Crippen LogP contribution in [-0.2, 0) is 20.9 Å². The number of rotatable bonds is 7. The van der Waals surface area contributed by atoms with Crippen LogP contribution in [-0.4, -0.2) is 24.2 Å². The minimum absolute atomic E-state index is 0.170. The highest BCUT2D eigenvalue weighted by Crippen LogP contribution is 2.23. The van der Waals surface area contributed by atoms with Gasteiger partial charge in [-0.15, -0.1) is 11.8 Å². The minimum Gasteiger partial charge on any atom is -0.455 e. The summed E-state index contributed by atoms with van der Waals surface area (Å²) in [7, 11) is 0. The van der Waals surface area contributed by atoms with Gasteiger partial charge >= 0.3 is 5.97 Å². The van der Waals surface area contributed by atoms with Crippen LogP contribution < -0.4 is 5.32 Å². The predicted molar refractivity (Wildman–Crippen MR) is 109 cm³/mol. The number of carbonyl (C=O) groups is 2. The molecule has 0 aliphatic carbocycles. The lowest BCUT2D eigenvalue weighted by atomic mass is 10.1. The number of amides is 1. The Morgan fingerprint density at radius 2 is 1.70 bits per heavy atom. The third-order valence-electron chi connectivity index (χ3n) is 4.05. The van der Waals surface area contributed by atoms with Gasteiger partial charge in [-0.05, 0) is 35.4 Å². The van der Waals surface area contributed by atoms with Gasteiger partial charge in [-0.3, -0.25) is 9.59 Å². The van der Waals surface area contributed by atoms with E-state index >= 15 is 0 Å². The molecule has 0 heterocycles. The molecule has 0 aliphatic rings. The molecule has 0 spiro atoms. The third kappa shape index (κ3) is 5.86. The second kappa shape index (κ2) is 9.24. The number of hydrogen-bond acceptors (Lipinski definition) is 4. The van der Waals surface area contributed by atoms with Crippen LogP contribution in [0.4, 0.5) is 0 Å². The van der Waals surface area contributed by atoms with Gasteiger partial charge in [-0.2, -0.15) is 0 Å². The summed E-state index contributed by atoms with van der Waals surface area (Å²) in [5, 5.41) is 5.04. The van der Waals surface area contributed by atoms with Crippen LogP contribution in [0.3, 0.4) is 0 Å². The summed E-state index contributed by atoms with van der Waals surface area (Å²) in [6.45, 7) is 2.17. The highest BCUT2D eigenvalue weighted by Gasteiger charge is 2.08. The Morgan fingerprint density at radius 1 is 0.963 bits per heavy atom. The number of esters is 1. The van der Waals surface area contributed by atoms with Crippen molar-refractivity contribution in [2.75, 3.05) is 12.4 Å². The first kappa shape index (κ1) is 19.0. The van der Waals surface area contributed by atoms with Crippen molar-refractivity contribution in [2.45, 2.75) is 18.4 Å². The molecule has 0 bridgehead atoms. The Kier molecular flexibility index (Phi) is 6.49. The van der Waals surface area contributed by atoms with Crippen LogP contribution in [0, 0.1) is 6.92 Å². The Labute approximate surface area is 162 Å². The Hall–Kier alpha value is -2.79. The Bertz CT molecular complexity index is 938. The summed E-state index contributed by atoms with van der Waals surface area (Å²) in [5.41, 5.74) is 2.18. The lowest BCUT2D eigenvalue weighted by Crippen LogP contribution is -2.28. The van der Waals surface area contributed by atoms with Crippen LogP contribution >= 0.6 is 11.8 Å². The van der Waals surface area contributed by atoms with E-state index in [0.717, 1.165) is 21.2 Å². The summed E-state index contributed by atoms with van der Waals surface area (Å²) in [6.07, 6.45) is 0. The van der Waals surface area contributed by atoms with Gasteiger partial charge in [0.15, 0.2) is 6.61 Å². The topological polar surface area (TPSA) is 55.4 Å². The average molecular weight is 379 g/mol. The first-order valence-electron chi connectivity index (χ1n) is 8.69. The van der Waals surface area contributed by atoms with Gasteiger partial charge < -0.3 is 10.1 Å². The predicted octanol–water partition coefficient (Wildman–Crippen LogP) is 4.10. The smallest absolute Gasteiger partial charge is 0.316 e. The second-order valence-corrected chi connectivity index (χ2v) is 7.27. The maximum absolute atomic E-state index is 11.9. The first-order valence-corrected chi connectivity index (χ1v) is 9.68. The van der Waals surface area contributed by atoms with Gasteiger partial charge in [0, 0.05) is 11.4 Å². The monoisotopic (exact) mass is 379 g/mol. The minimum atomic E-state index is -0.404. The van der Waals surface area contributed by atoms with Gasteiger partial charge in [0.05, 0.1) is 5.75 Å². The number of nitrogens with one attached hydrogen (secondary N) is 1. The highest BCUT2D eigenvalue weighted by molar-refractivity contribution is 8.00. The van der Waals surface area contributed by atoms with E-state index in [0.29, 0.717) is 6.54 Å². The van der Waals surface area contributed by atoms with Crippen LogP contribution in [0.15, 0.2) is 71.6 Å². The van der Waals surface area contributed by atoms with Gasteiger partial charge in [0.1, 0.15) is 0 Å². The maximum Gasteiger partial charge on any atom is 0.316 e. The van der Waals surface area contributed by atoms with Crippen molar-refractivity contribution in [3.05, 3.63) is 77.9 Å². The molecule has 0 saturated heterocycles. The van der Waals surface area contributed by atoms with E-state index in [1.165, 1.54) is 17.3 Å². The lowest BCUT2D eigenvalue weighted by Gasteiger charge is -2.07. The SMILES string of the molecule is Cc1ccc(CNC(=O)COC(=O)CSc2ccc3ccccc3c2)cc1. The summed E-state index contributed by atoms with van der Waals surface area (Å²) in [6, 6.07) is 22.0. The molecule has 0 unspecified atom stereocenters. The highest BCUT2D eigenvalue weighted by atomic mass is 32.2. The van der Waals surface area contributed by atoms with Crippen molar-refractivity contribution >= 4 is 34.4 Å². The van der Waals surface area contributed by atoms with Gasteiger partial charge in [0.2, 0.25) is 0 Å². The van der Waals surface area contributed by atoms with E-state index in [1.807, 2.05) is 73.7 Å². The zero-order valence-electron chi connectivity index (χ0n) is 15.1. The molecule has 5 heteroatoms. The van der Waals surface area contributed by atoms with E-state index in [1.54, 1.807) is 0 Å². The molecule has 0 radical (unpaired) electrons. The molecule has 0 fully saturated rings. The molecule has 0 aliphatic heterocycles. The molecule has 1 N–H and O–H groups in total. The quantitative estimate of drug-likeness (QED) is 0.496. The van der Waals surface area contributed by atoms with Gasteiger partial charge in [-0.25, -0.2) is 0 Å². The zero-order valence-corrected chi connectivity index (χ0v) is 15.9. The molecule has 0 saturated carbocycles. The van der Waals surface area contributed by atoms with Gasteiger partial charge in [0.25, 0.3) is 5.91 Å². The molecule has 3 aromatic rings. The first-order chi connectivity index (χ1) is 13.1. The number of fused-ring (bicyclic) bond motifs is 1. The molecule has 3 rings (SSSR count). The average Bonchev–Trinajstić information content (AvgIpc) is 2.70. The summed E-state index contributed by atoms with van der Waals surface area (Å²) >= 11 is 1.40. The number of hydrogen-bond donors (Lipinski definition) is 1. The fourth-order valence-electron chi connectivity index (χ4n) is 2.54. The zero-order chi connectivity index (χ0) is 19.1. The lowest BCUT2D eigenvalue weighted by molar-refractivity contribution is -0.145. The molecular formula is C22H21NO3S. The summed E-state index contributed by atoms with van der Waals surface area (Å²) in [5.74, 6) is -0.540. The second-order valence-electron chi connectivity index (χ2n) is 6.22. The number of aryl methyl sites for hydroxylation is 1. The molecular weight excluding hydrogens is 358 g/mol. The van der Waals surface area contributed by atoms with Crippen LogP contribution in [0.1, 0.15) is 11.1 Å². The fourth-order valence-corrected chi connectivity index (χ4v) is 3.29. The fraction of sp³-hybridized carbons (Fsp3) is 0.182. The van der Waals surface area contributed by atoms with E-state index in [4.69, 9.17) is 4.74 Å². The van der Waals surface area contributed by atoms with E-state index in [2.05, 4.69) is 5.32 Å². The largest absolute Gasteiger partial charge is 0.455 e. The van der Waals surface area contributed by atoms with Crippen molar-refractivity contribution in [1.29, 1.82) is 0 Å². The number of carbonyl (C=O) groups excluding carboxylic acids is 2.